The fourth-order valence-electron chi connectivity index (χ4n) is 2.27. The Morgan fingerprint density at radius 2 is 2.10 bits per heavy atom. The summed E-state index contributed by atoms with van der Waals surface area (Å²) in [6, 6.07) is 2.21. The molecule has 0 spiro atoms. The Kier molecular flexibility index (Phi) is 4.01. The molecule has 1 saturated carbocycles. The van der Waals surface area contributed by atoms with Gasteiger partial charge in [-0.2, -0.15) is 4.98 Å². The summed E-state index contributed by atoms with van der Waals surface area (Å²) in [5.74, 6) is 2.38. The standard InChI is InChI=1S/C14H19N5O/c1-2-6-15-11(10-4-5-10)9-12-18-14(19-20-12)13-16-7-3-8-17-13/h3,7-8,10-11,15H,2,4-6,9H2,1H3. The molecule has 20 heavy (non-hydrogen) atoms. The van der Waals surface area contributed by atoms with Crippen LogP contribution in [-0.4, -0.2) is 32.7 Å². The first kappa shape index (κ1) is 13.2. The van der Waals surface area contributed by atoms with Gasteiger partial charge in [0.15, 0.2) is 0 Å². The van der Waals surface area contributed by atoms with Gasteiger partial charge in [-0.3, -0.25) is 0 Å². The van der Waals surface area contributed by atoms with Crippen LogP contribution in [0.3, 0.4) is 0 Å². The van der Waals surface area contributed by atoms with Crippen LogP contribution in [0.25, 0.3) is 11.6 Å². The Hall–Kier alpha value is -1.82. The van der Waals surface area contributed by atoms with Gasteiger partial charge in [-0.1, -0.05) is 12.1 Å². The molecule has 1 unspecified atom stereocenters. The molecule has 1 aliphatic rings. The van der Waals surface area contributed by atoms with Crippen molar-refractivity contribution >= 4 is 0 Å². The molecule has 0 amide bonds. The minimum Gasteiger partial charge on any atom is -0.339 e. The normalized spacial score (nSPS) is 16.2. The van der Waals surface area contributed by atoms with E-state index in [-0.39, 0.29) is 0 Å². The van der Waals surface area contributed by atoms with E-state index in [0.29, 0.717) is 23.6 Å². The molecule has 1 fully saturated rings. The molecular weight excluding hydrogens is 254 g/mol. The molecule has 2 aromatic heterocycles. The third kappa shape index (κ3) is 3.19. The molecule has 2 aromatic rings. The number of nitrogens with one attached hydrogen (secondary N) is 1. The lowest BCUT2D eigenvalue weighted by Crippen LogP contribution is -2.33. The first-order valence-electron chi connectivity index (χ1n) is 7.20. The van der Waals surface area contributed by atoms with E-state index >= 15 is 0 Å². The molecule has 6 heteroatoms. The average Bonchev–Trinajstić information content (AvgIpc) is 3.23. The molecule has 0 radical (unpaired) electrons. The maximum Gasteiger partial charge on any atom is 0.240 e. The minimum absolute atomic E-state index is 0.444. The summed E-state index contributed by atoms with van der Waals surface area (Å²) in [5.41, 5.74) is 0. The Labute approximate surface area is 118 Å². The van der Waals surface area contributed by atoms with E-state index in [1.165, 1.54) is 12.8 Å². The number of rotatable bonds is 7. The van der Waals surface area contributed by atoms with Gasteiger partial charge in [0, 0.05) is 24.9 Å². The number of hydrogen-bond donors (Lipinski definition) is 1. The van der Waals surface area contributed by atoms with Crippen molar-refractivity contribution in [2.24, 2.45) is 5.92 Å². The monoisotopic (exact) mass is 273 g/mol. The van der Waals surface area contributed by atoms with Crippen LogP contribution >= 0.6 is 0 Å². The molecule has 6 nitrogen and oxygen atoms in total. The topological polar surface area (TPSA) is 76.7 Å². The fourth-order valence-corrected chi connectivity index (χ4v) is 2.27. The van der Waals surface area contributed by atoms with Crippen LogP contribution in [0.4, 0.5) is 0 Å². The van der Waals surface area contributed by atoms with Gasteiger partial charge in [-0.05, 0) is 37.8 Å². The summed E-state index contributed by atoms with van der Waals surface area (Å²) >= 11 is 0. The quantitative estimate of drug-likeness (QED) is 0.829. The first-order chi connectivity index (χ1) is 9.86. The highest BCUT2D eigenvalue weighted by atomic mass is 16.5. The van der Waals surface area contributed by atoms with Crippen molar-refractivity contribution in [2.45, 2.75) is 38.6 Å². The van der Waals surface area contributed by atoms with E-state index in [1.807, 2.05) is 0 Å². The molecule has 1 aliphatic carbocycles. The lowest BCUT2D eigenvalue weighted by Gasteiger charge is -2.15. The molecule has 2 heterocycles. The SMILES string of the molecule is CCCNC(Cc1nc(-c2ncccn2)no1)C1CC1. The number of nitrogens with zero attached hydrogens (tertiary/aromatic N) is 4. The predicted octanol–water partition coefficient (Wildman–Crippen LogP) is 1.85. The van der Waals surface area contributed by atoms with Gasteiger partial charge in [0.25, 0.3) is 0 Å². The number of hydrogen-bond acceptors (Lipinski definition) is 6. The number of aromatic nitrogens is 4. The molecule has 106 valence electrons. The van der Waals surface area contributed by atoms with Gasteiger partial charge in [-0.15, -0.1) is 0 Å². The van der Waals surface area contributed by atoms with Crippen LogP contribution in [0.5, 0.6) is 0 Å². The average molecular weight is 273 g/mol. The molecule has 0 aromatic carbocycles. The van der Waals surface area contributed by atoms with E-state index in [9.17, 15) is 0 Å². The second-order valence-corrected chi connectivity index (χ2v) is 5.19. The summed E-state index contributed by atoms with van der Waals surface area (Å²) in [6.07, 6.45) is 7.86. The Bertz CT molecular complexity index is 538. The zero-order valence-electron chi connectivity index (χ0n) is 11.6. The second kappa shape index (κ2) is 6.09. The maximum absolute atomic E-state index is 5.33. The second-order valence-electron chi connectivity index (χ2n) is 5.19. The lowest BCUT2D eigenvalue weighted by molar-refractivity contribution is 0.346. The third-order valence-electron chi connectivity index (χ3n) is 3.48. The maximum atomic E-state index is 5.33. The van der Waals surface area contributed by atoms with E-state index in [1.54, 1.807) is 18.5 Å². The summed E-state index contributed by atoms with van der Waals surface area (Å²) in [5, 5.41) is 7.53. The van der Waals surface area contributed by atoms with Crippen LogP contribution in [0, 0.1) is 5.92 Å². The van der Waals surface area contributed by atoms with E-state index in [2.05, 4.69) is 32.3 Å². The Balaban J connectivity index is 1.67. The molecule has 1 atom stereocenters. The highest BCUT2D eigenvalue weighted by molar-refractivity contribution is 5.40. The van der Waals surface area contributed by atoms with Crippen molar-refractivity contribution in [3.63, 3.8) is 0 Å². The summed E-state index contributed by atoms with van der Waals surface area (Å²) < 4.78 is 5.33. The predicted molar refractivity (Wildman–Crippen MR) is 73.8 cm³/mol. The van der Waals surface area contributed by atoms with Gasteiger partial charge in [-0.25, -0.2) is 9.97 Å². The Morgan fingerprint density at radius 1 is 1.30 bits per heavy atom. The van der Waals surface area contributed by atoms with Crippen LogP contribution < -0.4 is 5.32 Å². The first-order valence-corrected chi connectivity index (χ1v) is 7.20. The Morgan fingerprint density at radius 3 is 2.80 bits per heavy atom. The molecule has 0 saturated heterocycles. The fraction of sp³-hybridized carbons (Fsp3) is 0.571. The minimum atomic E-state index is 0.444. The zero-order valence-corrected chi connectivity index (χ0v) is 11.6. The van der Waals surface area contributed by atoms with Gasteiger partial charge in [0.05, 0.1) is 0 Å². The van der Waals surface area contributed by atoms with E-state index < -0.39 is 0 Å². The highest BCUT2D eigenvalue weighted by Crippen LogP contribution is 2.34. The van der Waals surface area contributed by atoms with Gasteiger partial charge in [0.2, 0.25) is 17.5 Å². The van der Waals surface area contributed by atoms with Gasteiger partial charge < -0.3 is 9.84 Å². The van der Waals surface area contributed by atoms with Crippen LogP contribution in [0.15, 0.2) is 23.0 Å². The van der Waals surface area contributed by atoms with Crippen molar-refractivity contribution in [3.8, 4) is 11.6 Å². The van der Waals surface area contributed by atoms with Crippen molar-refractivity contribution in [1.82, 2.24) is 25.4 Å². The molecule has 1 N–H and O–H groups in total. The van der Waals surface area contributed by atoms with Crippen molar-refractivity contribution in [2.75, 3.05) is 6.54 Å². The van der Waals surface area contributed by atoms with Crippen molar-refractivity contribution < 1.29 is 4.52 Å². The van der Waals surface area contributed by atoms with E-state index in [0.717, 1.165) is 25.3 Å². The summed E-state index contributed by atoms with van der Waals surface area (Å²) in [6.45, 7) is 3.21. The van der Waals surface area contributed by atoms with Crippen LogP contribution in [0.1, 0.15) is 32.1 Å². The van der Waals surface area contributed by atoms with E-state index in [4.69, 9.17) is 4.52 Å². The van der Waals surface area contributed by atoms with Crippen LogP contribution in [-0.2, 0) is 6.42 Å². The van der Waals surface area contributed by atoms with Crippen molar-refractivity contribution in [3.05, 3.63) is 24.4 Å². The zero-order chi connectivity index (χ0) is 13.8. The summed E-state index contributed by atoms with van der Waals surface area (Å²) in [7, 11) is 0. The third-order valence-corrected chi connectivity index (χ3v) is 3.48. The molecule has 0 aliphatic heterocycles. The molecular formula is C14H19N5O. The van der Waals surface area contributed by atoms with Crippen LogP contribution in [0.2, 0.25) is 0 Å². The molecule has 3 rings (SSSR count). The van der Waals surface area contributed by atoms with Gasteiger partial charge >= 0.3 is 0 Å². The van der Waals surface area contributed by atoms with Gasteiger partial charge in [0.1, 0.15) is 0 Å². The lowest BCUT2D eigenvalue weighted by atomic mass is 10.1. The highest BCUT2D eigenvalue weighted by Gasteiger charge is 2.32. The largest absolute Gasteiger partial charge is 0.339 e. The molecule has 0 bridgehead atoms. The summed E-state index contributed by atoms with van der Waals surface area (Å²) in [4.78, 5) is 12.6. The van der Waals surface area contributed by atoms with Crippen molar-refractivity contribution in [1.29, 1.82) is 0 Å². The smallest absolute Gasteiger partial charge is 0.240 e.